The number of ether oxygens (including phenoxy) is 5. The number of methoxy groups -OCH3 is 1. The van der Waals surface area contributed by atoms with Crippen LogP contribution in [0.25, 0.3) is 0 Å². The average molecular weight is 707 g/mol. The topological polar surface area (TPSA) is 159 Å². The number of carbonyl (C=O) groups is 1. The number of H-pyrrole nitrogens is 1. The Morgan fingerprint density at radius 1 is 0.904 bits per heavy atom. The Hall–Kier alpha value is -5.47. The van der Waals surface area contributed by atoms with Gasteiger partial charge >= 0.3 is 19.0 Å². The molecule has 4 aromatic carbocycles. The molecule has 1 unspecified atom stereocenters. The molecule has 0 aliphatic carbocycles. The quantitative estimate of drug-likeness (QED) is 0.0989. The molecule has 4 atom stereocenters. The van der Waals surface area contributed by atoms with Gasteiger partial charge in [-0.15, -0.1) is 0 Å². The number of hydrogen-bond donors (Lipinski definition) is 3. The van der Waals surface area contributed by atoms with E-state index < -0.39 is 48.6 Å². The molecule has 13 heteroatoms. The highest BCUT2D eigenvalue weighted by atomic mass is 16.7. The fourth-order valence-corrected chi connectivity index (χ4v) is 6.28. The van der Waals surface area contributed by atoms with Crippen LogP contribution in [-0.2, 0) is 31.2 Å². The third-order valence-corrected chi connectivity index (χ3v) is 9.12. The summed E-state index contributed by atoms with van der Waals surface area (Å²) in [5, 5.41) is 18.7. The lowest BCUT2D eigenvalue weighted by Gasteiger charge is -2.37. The fraction of sp³-hybridized carbons (Fsp3) is 0.256. The zero-order valence-electron chi connectivity index (χ0n) is 28.9. The van der Waals surface area contributed by atoms with Crippen molar-refractivity contribution in [3.8, 4) is 5.75 Å². The third kappa shape index (κ3) is 7.87. The van der Waals surface area contributed by atoms with E-state index in [0.29, 0.717) is 22.3 Å². The molecule has 1 aliphatic rings. The van der Waals surface area contributed by atoms with Crippen LogP contribution in [0.5, 0.6) is 5.75 Å². The van der Waals surface area contributed by atoms with Gasteiger partial charge in [0.25, 0.3) is 5.56 Å². The van der Waals surface area contributed by atoms with Gasteiger partial charge in [-0.25, -0.2) is 9.59 Å². The summed E-state index contributed by atoms with van der Waals surface area (Å²) in [5.74, 6) is 0.673. The van der Waals surface area contributed by atoms with Crippen molar-refractivity contribution in [2.45, 2.75) is 50.9 Å². The predicted molar refractivity (Wildman–Crippen MR) is 192 cm³/mol. The Morgan fingerprint density at radius 3 is 2.17 bits per heavy atom. The number of nitrogens with zero attached hydrogens (tertiary/aromatic N) is 1. The highest BCUT2D eigenvalue weighted by Crippen LogP contribution is 2.42. The summed E-state index contributed by atoms with van der Waals surface area (Å²) in [6.07, 6.45) is -2.21. The maximum Gasteiger partial charge on any atom is 0.508 e. The normalized spacial score (nSPS) is 18.0. The molecule has 2 heterocycles. The second-order valence-electron chi connectivity index (χ2n) is 12.6. The first-order valence-corrected chi connectivity index (χ1v) is 16.7. The number of nitrogens with one attached hydrogen (secondary N) is 1. The smallest absolute Gasteiger partial charge is 0.497 e. The number of aromatic amines is 1. The van der Waals surface area contributed by atoms with E-state index in [0.717, 1.165) is 22.3 Å². The van der Waals surface area contributed by atoms with Gasteiger partial charge in [-0.1, -0.05) is 96.6 Å². The van der Waals surface area contributed by atoms with Crippen molar-refractivity contribution in [1.82, 2.24) is 9.55 Å². The van der Waals surface area contributed by atoms with E-state index in [1.165, 1.54) is 22.9 Å². The van der Waals surface area contributed by atoms with Gasteiger partial charge in [0.1, 0.15) is 36.4 Å². The minimum absolute atomic E-state index is 0.0585. The molecule has 1 aromatic heterocycles. The van der Waals surface area contributed by atoms with Gasteiger partial charge in [-0.2, -0.15) is 0 Å². The average Bonchev–Trinajstić information content (AvgIpc) is 3.55. The molecule has 52 heavy (non-hydrogen) atoms. The zero-order chi connectivity index (χ0) is 36.8. The maximum atomic E-state index is 13.1. The van der Waals surface area contributed by atoms with E-state index in [-0.39, 0.29) is 19.6 Å². The van der Waals surface area contributed by atoms with Crippen molar-refractivity contribution < 1.29 is 38.5 Å². The first-order chi connectivity index (χ1) is 25.1. The molecular formula is C39H39BN2O10. The third-order valence-electron chi connectivity index (χ3n) is 9.12. The summed E-state index contributed by atoms with van der Waals surface area (Å²) >= 11 is 0. The van der Waals surface area contributed by atoms with Crippen LogP contribution in [-0.4, -0.2) is 58.8 Å². The second-order valence-corrected chi connectivity index (χ2v) is 12.6. The lowest BCUT2D eigenvalue weighted by atomic mass is 9.79. The Labute approximate surface area is 300 Å². The first kappa shape index (κ1) is 36.3. The number of aryl methyl sites for hydroxylation is 2. The van der Waals surface area contributed by atoms with E-state index in [4.69, 9.17) is 23.7 Å². The van der Waals surface area contributed by atoms with E-state index in [1.807, 2.05) is 85.8 Å². The van der Waals surface area contributed by atoms with E-state index in [2.05, 4.69) is 4.98 Å². The SMILES string of the molecule is COc1ccc(C(OC[C@H]2O[C@@H](n3cc(C)c(=O)[nH]c3=O)C[C@@H]2OC(=O)OCc2ccc(B(O)O)cc2)(c2ccccc2)c2ccc(C)cc2)cc1. The second kappa shape index (κ2) is 15.8. The lowest BCUT2D eigenvalue weighted by Crippen LogP contribution is -2.39. The Balaban J connectivity index is 1.33. The minimum Gasteiger partial charge on any atom is -0.497 e. The molecule has 1 saturated heterocycles. The van der Waals surface area contributed by atoms with Crippen molar-refractivity contribution in [3.05, 3.63) is 164 Å². The van der Waals surface area contributed by atoms with Gasteiger partial charge in [0, 0.05) is 18.2 Å². The molecule has 0 spiro atoms. The van der Waals surface area contributed by atoms with Crippen LogP contribution in [0.3, 0.4) is 0 Å². The van der Waals surface area contributed by atoms with Crippen molar-refractivity contribution in [2.24, 2.45) is 0 Å². The molecule has 1 fully saturated rings. The molecule has 268 valence electrons. The maximum absolute atomic E-state index is 13.1. The highest BCUT2D eigenvalue weighted by molar-refractivity contribution is 6.58. The van der Waals surface area contributed by atoms with E-state index in [9.17, 15) is 24.4 Å². The molecule has 0 bridgehead atoms. The summed E-state index contributed by atoms with van der Waals surface area (Å²) in [5.41, 5.74) is 2.41. The van der Waals surface area contributed by atoms with Gasteiger partial charge in [0.15, 0.2) is 0 Å². The molecule has 0 amide bonds. The summed E-state index contributed by atoms with van der Waals surface area (Å²) in [4.78, 5) is 40.5. The molecule has 12 nitrogen and oxygen atoms in total. The largest absolute Gasteiger partial charge is 0.508 e. The van der Waals surface area contributed by atoms with Crippen molar-refractivity contribution in [3.63, 3.8) is 0 Å². The van der Waals surface area contributed by atoms with Gasteiger partial charge in [0.05, 0.1) is 13.7 Å². The lowest BCUT2D eigenvalue weighted by molar-refractivity contribution is -0.1000. The van der Waals surface area contributed by atoms with Crippen molar-refractivity contribution >= 4 is 18.7 Å². The van der Waals surface area contributed by atoms with E-state index in [1.54, 1.807) is 26.2 Å². The van der Waals surface area contributed by atoms with Crippen LogP contribution in [0.4, 0.5) is 4.79 Å². The van der Waals surface area contributed by atoms with Crippen LogP contribution in [0.15, 0.2) is 119 Å². The Kier molecular flexibility index (Phi) is 11.1. The monoisotopic (exact) mass is 706 g/mol. The van der Waals surface area contributed by atoms with Gasteiger partial charge in [-0.3, -0.25) is 14.3 Å². The summed E-state index contributed by atoms with van der Waals surface area (Å²) in [6, 6.07) is 31.6. The molecule has 6 rings (SSSR count). The highest BCUT2D eigenvalue weighted by Gasteiger charge is 2.44. The molecule has 0 radical (unpaired) electrons. The van der Waals surface area contributed by atoms with Crippen LogP contribution >= 0.6 is 0 Å². The zero-order valence-corrected chi connectivity index (χ0v) is 28.9. The van der Waals surface area contributed by atoms with Crippen LogP contribution in [0, 0.1) is 13.8 Å². The number of hydrogen-bond acceptors (Lipinski definition) is 10. The number of carbonyl (C=O) groups excluding carboxylic acids is 1. The fourth-order valence-electron chi connectivity index (χ4n) is 6.28. The Morgan fingerprint density at radius 2 is 1.54 bits per heavy atom. The molecule has 0 saturated carbocycles. The first-order valence-electron chi connectivity index (χ1n) is 16.7. The van der Waals surface area contributed by atoms with Crippen LogP contribution in [0.1, 0.15) is 46.0 Å². The van der Waals surface area contributed by atoms with E-state index >= 15 is 0 Å². The predicted octanol–water partition coefficient (Wildman–Crippen LogP) is 3.86. The van der Waals surface area contributed by atoms with Crippen molar-refractivity contribution in [1.29, 1.82) is 0 Å². The summed E-state index contributed by atoms with van der Waals surface area (Å²) < 4.78 is 31.4. The summed E-state index contributed by atoms with van der Waals surface area (Å²) in [6.45, 7) is 3.35. The van der Waals surface area contributed by atoms with Crippen LogP contribution < -0.4 is 21.4 Å². The standard InChI is InChI=1S/C39H39BN2O10/c1-25-9-13-29(14-10-25)39(28-7-5-4-6-8-28,30-15-19-32(48-3)20-16-30)50-24-34-33(21-35(51-34)42-22-26(2)36(43)41-37(42)44)52-38(45)49-23-27-11-17-31(18-12-27)40(46)47/h4-20,22,33-35,46-47H,21,23-24H2,1-3H3,(H,41,43,44)/t33-,34+,35+,39?/m0/s1. The van der Waals surface area contributed by atoms with Gasteiger partial charge in [0.2, 0.25) is 0 Å². The number of aromatic nitrogens is 2. The summed E-state index contributed by atoms with van der Waals surface area (Å²) in [7, 11) is -0.0213. The minimum atomic E-state index is -1.62. The number of rotatable bonds is 12. The Bertz CT molecular complexity index is 2080. The molecule has 1 aliphatic heterocycles. The molecule has 3 N–H and O–H groups in total. The van der Waals surface area contributed by atoms with Crippen LogP contribution in [0.2, 0.25) is 0 Å². The van der Waals surface area contributed by atoms with Gasteiger partial charge in [-0.05, 0) is 53.7 Å². The molecule has 5 aromatic rings. The number of benzene rings is 4. The molecular weight excluding hydrogens is 667 g/mol. The van der Waals surface area contributed by atoms with Crippen molar-refractivity contribution in [2.75, 3.05) is 13.7 Å². The van der Waals surface area contributed by atoms with Gasteiger partial charge < -0.3 is 33.7 Å².